The van der Waals surface area contributed by atoms with E-state index < -0.39 is 0 Å². The molecule has 4 rings (SSSR count). The van der Waals surface area contributed by atoms with Crippen molar-refractivity contribution in [3.63, 3.8) is 0 Å². The van der Waals surface area contributed by atoms with Gasteiger partial charge in [-0.05, 0) is 43.5 Å². The molecular weight excluding hydrogens is 411 g/mol. The molecule has 8 heteroatoms. The zero-order valence-corrected chi connectivity index (χ0v) is 17.9. The van der Waals surface area contributed by atoms with Gasteiger partial charge in [-0.2, -0.15) is 0 Å². The predicted molar refractivity (Wildman–Crippen MR) is 118 cm³/mol. The molecule has 156 valence electrons. The van der Waals surface area contributed by atoms with E-state index in [-0.39, 0.29) is 36.8 Å². The summed E-state index contributed by atoms with van der Waals surface area (Å²) in [6.07, 6.45) is 5.67. The molecule has 2 N–H and O–H groups in total. The lowest BCUT2D eigenvalue weighted by molar-refractivity contribution is 0.0710. The first-order chi connectivity index (χ1) is 13.1. The van der Waals surface area contributed by atoms with Crippen molar-refractivity contribution in [1.29, 1.82) is 0 Å². The van der Waals surface area contributed by atoms with Crippen LogP contribution in [0.4, 0.5) is 0 Å². The van der Waals surface area contributed by atoms with Crippen LogP contribution in [0.1, 0.15) is 34.5 Å². The summed E-state index contributed by atoms with van der Waals surface area (Å²) in [5.74, 6) is 0.591. The highest BCUT2D eigenvalue weighted by Gasteiger charge is 2.23. The van der Waals surface area contributed by atoms with Gasteiger partial charge in [0.05, 0.1) is 11.3 Å². The average Bonchev–Trinajstić information content (AvgIpc) is 3.08. The second-order valence-corrected chi connectivity index (χ2v) is 7.12. The number of nitrogens with two attached hydrogens (primary N) is 1. The van der Waals surface area contributed by atoms with Gasteiger partial charge in [-0.1, -0.05) is 18.2 Å². The number of pyridine rings is 1. The van der Waals surface area contributed by atoms with E-state index in [1.165, 1.54) is 5.56 Å². The molecule has 0 unspecified atom stereocenters. The second-order valence-electron chi connectivity index (χ2n) is 7.12. The van der Waals surface area contributed by atoms with Crippen LogP contribution in [-0.2, 0) is 6.61 Å². The summed E-state index contributed by atoms with van der Waals surface area (Å²) in [6, 6.07) is 11.6. The van der Waals surface area contributed by atoms with E-state index in [1.807, 2.05) is 65.0 Å². The number of aromatic nitrogens is 2. The molecule has 1 amide bonds. The molecule has 6 nitrogen and oxygen atoms in total. The van der Waals surface area contributed by atoms with Crippen LogP contribution < -0.4 is 10.5 Å². The number of amides is 1. The number of piperidine rings is 1. The Morgan fingerprint density at radius 1 is 1.14 bits per heavy atom. The van der Waals surface area contributed by atoms with Crippen LogP contribution in [0.3, 0.4) is 0 Å². The summed E-state index contributed by atoms with van der Waals surface area (Å²) in [7, 11) is 0. The highest BCUT2D eigenvalue weighted by molar-refractivity contribution is 5.97. The number of para-hydroxylation sites is 1. The van der Waals surface area contributed by atoms with E-state index >= 15 is 0 Å². The zero-order valence-electron chi connectivity index (χ0n) is 16.3. The van der Waals surface area contributed by atoms with E-state index in [0.29, 0.717) is 31.0 Å². The molecule has 1 aliphatic heterocycles. The van der Waals surface area contributed by atoms with Crippen molar-refractivity contribution >= 4 is 36.4 Å². The van der Waals surface area contributed by atoms with Crippen LogP contribution >= 0.6 is 24.8 Å². The van der Waals surface area contributed by atoms with E-state index in [1.54, 1.807) is 0 Å². The number of imidazole rings is 1. The van der Waals surface area contributed by atoms with Crippen molar-refractivity contribution in [3.05, 3.63) is 65.6 Å². The maximum Gasteiger partial charge on any atom is 0.257 e. The molecule has 0 atom stereocenters. The van der Waals surface area contributed by atoms with Crippen molar-refractivity contribution in [2.75, 3.05) is 13.1 Å². The normalized spacial score (nSPS) is 14.2. The fourth-order valence-electron chi connectivity index (χ4n) is 3.42. The number of carbonyl (C=O) groups excluding carboxylic acids is 1. The molecule has 0 radical (unpaired) electrons. The van der Waals surface area contributed by atoms with Crippen molar-refractivity contribution in [1.82, 2.24) is 14.3 Å². The maximum atomic E-state index is 12.9. The number of benzene rings is 1. The van der Waals surface area contributed by atoms with Gasteiger partial charge in [0.15, 0.2) is 0 Å². The molecule has 0 bridgehead atoms. The van der Waals surface area contributed by atoms with Gasteiger partial charge in [0, 0.05) is 31.5 Å². The molecule has 1 saturated heterocycles. The largest absolute Gasteiger partial charge is 0.486 e. The number of carbonyl (C=O) groups is 1. The Labute approximate surface area is 182 Å². The predicted octanol–water partition coefficient (Wildman–Crippen LogP) is 3.63. The van der Waals surface area contributed by atoms with Crippen molar-refractivity contribution in [2.24, 2.45) is 5.73 Å². The van der Waals surface area contributed by atoms with E-state index in [4.69, 9.17) is 10.5 Å². The molecule has 2 aromatic heterocycles. The Kier molecular flexibility index (Phi) is 7.90. The molecule has 3 aromatic rings. The van der Waals surface area contributed by atoms with Gasteiger partial charge in [0.25, 0.3) is 5.91 Å². The fraction of sp³-hybridized carbons (Fsp3) is 0.333. The van der Waals surface area contributed by atoms with Crippen LogP contribution in [0.2, 0.25) is 0 Å². The van der Waals surface area contributed by atoms with E-state index in [9.17, 15) is 4.79 Å². The minimum atomic E-state index is 0. The molecule has 0 aliphatic carbocycles. The first-order valence-corrected chi connectivity index (χ1v) is 9.31. The van der Waals surface area contributed by atoms with Gasteiger partial charge < -0.3 is 19.8 Å². The van der Waals surface area contributed by atoms with Crippen LogP contribution in [-0.4, -0.2) is 39.3 Å². The smallest absolute Gasteiger partial charge is 0.257 e. The van der Waals surface area contributed by atoms with Crippen LogP contribution in [0.25, 0.3) is 5.65 Å². The summed E-state index contributed by atoms with van der Waals surface area (Å²) >= 11 is 0. The average molecular weight is 437 g/mol. The Morgan fingerprint density at radius 2 is 1.86 bits per heavy atom. The Bertz CT molecular complexity index is 968. The molecule has 0 spiro atoms. The third-order valence-electron chi connectivity index (χ3n) is 4.97. The van der Waals surface area contributed by atoms with Crippen LogP contribution in [0.5, 0.6) is 5.75 Å². The van der Waals surface area contributed by atoms with Gasteiger partial charge in [0.2, 0.25) is 0 Å². The van der Waals surface area contributed by atoms with Gasteiger partial charge in [0.1, 0.15) is 18.0 Å². The Hall–Kier alpha value is -2.28. The second kappa shape index (κ2) is 9.96. The Balaban J connectivity index is 0.00000150. The summed E-state index contributed by atoms with van der Waals surface area (Å²) in [6.45, 7) is 3.75. The number of hydrogen-bond donors (Lipinski definition) is 1. The van der Waals surface area contributed by atoms with Gasteiger partial charge in [-0.25, -0.2) is 4.98 Å². The zero-order chi connectivity index (χ0) is 18.8. The first-order valence-electron chi connectivity index (χ1n) is 9.31. The number of aryl methyl sites for hydroxylation is 1. The number of rotatable bonds is 4. The van der Waals surface area contributed by atoms with Crippen LogP contribution in [0, 0.1) is 6.92 Å². The third-order valence-corrected chi connectivity index (χ3v) is 4.97. The molecule has 1 aromatic carbocycles. The SMILES string of the molecule is Cc1ccc2nc(COc3ccccc3C(=O)N3CCC(N)CC3)cn2c1.Cl.Cl. The third kappa shape index (κ3) is 5.21. The molecular formula is C21H26Cl2N4O2. The van der Waals surface area contributed by atoms with Gasteiger partial charge in [-0.3, -0.25) is 4.79 Å². The fourth-order valence-corrected chi connectivity index (χ4v) is 3.42. The minimum Gasteiger partial charge on any atom is -0.486 e. The number of ether oxygens (including phenoxy) is 1. The monoisotopic (exact) mass is 436 g/mol. The topological polar surface area (TPSA) is 72.9 Å². The Morgan fingerprint density at radius 3 is 2.62 bits per heavy atom. The number of fused-ring (bicyclic) bond motifs is 1. The minimum absolute atomic E-state index is 0. The molecule has 29 heavy (non-hydrogen) atoms. The molecule has 3 heterocycles. The molecule has 1 fully saturated rings. The summed E-state index contributed by atoms with van der Waals surface area (Å²) in [5.41, 5.74) is 9.42. The van der Waals surface area contributed by atoms with E-state index in [2.05, 4.69) is 4.98 Å². The number of halogens is 2. The highest BCUT2D eigenvalue weighted by atomic mass is 35.5. The van der Waals surface area contributed by atoms with E-state index in [0.717, 1.165) is 24.2 Å². The number of hydrogen-bond acceptors (Lipinski definition) is 4. The standard InChI is InChI=1S/C21H24N4O2.2ClH/c1-15-6-7-20-23-17(13-25(20)12-15)14-27-19-5-3-2-4-18(19)21(26)24-10-8-16(22)9-11-24;;/h2-7,12-13,16H,8-11,14,22H2,1H3;2*1H. The van der Waals surface area contributed by atoms with Crippen LogP contribution in [0.15, 0.2) is 48.8 Å². The lowest BCUT2D eigenvalue weighted by atomic mass is 10.0. The van der Waals surface area contributed by atoms with Crippen molar-refractivity contribution in [3.8, 4) is 5.75 Å². The highest BCUT2D eigenvalue weighted by Crippen LogP contribution is 2.23. The lowest BCUT2D eigenvalue weighted by Crippen LogP contribution is -2.42. The maximum absolute atomic E-state index is 12.9. The molecule has 1 aliphatic rings. The molecule has 0 saturated carbocycles. The number of likely N-dealkylation sites (tertiary alicyclic amines) is 1. The first kappa shape index (κ1) is 23.0. The summed E-state index contributed by atoms with van der Waals surface area (Å²) in [5, 5.41) is 0. The number of nitrogens with zero attached hydrogens (tertiary/aromatic N) is 3. The quantitative estimate of drug-likeness (QED) is 0.677. The summed E-state index contributed by atoms with van der Waals surface area (Å²) < 4.78 is 7.96. The van der Waals surface area contributed by atoms with Gasteiger partial charge >= 0.3 is 0 Å². The van der Waals surface area contributed by atoms with Crippen molar-refractivity contribution < 1.29 is 9.53 Å². The lowest BCUT2D eigenvalue weighted by Gasteiger charge is -2.30. The van der Waals surface area contributed by atoms with Crippen molar-refractivity contribution in [2.45, 2.75) is 32.4 Å². The summed E-state index contributed by atoms with van der Waals surface area (Å²) in [4.78, 5) is 19.3. The van der Waals surface area contributed by atoms with Gasteiger partial charge in [-0.15, -0.1) is 24.8 Å².